The summed E-state index contributed by atoms with van der Waals surface area (Å²) in [7, 11) is 0. The van der Waals surface area contributed by atoms with E-state index in [1.165, 1.54) is 15.0 Å². The van der Waals surface area contributed by atoms with Gasteiger partial charge < -0.3 is 5.32 Å². The molecule has 0 radical (unpaired) electrons. The number of benzene rings is 1. The third-order valence-electron chi connectivity index (χ3n) is 3.15. The number of hydrogen-bond acceptors (Lipinski definition) is 5. The van der Waals surface area contributed by atoms with Crippen molar-refractivity contribution >= 4 is 32.8 Å². The molecule has 3 rings (SSSR count). The zero-order valence-electron chi connectivity index (χ0n) is 11.6. The van der Waals surface area contributed by atoms with Gasteiger partial charge in [0.25, 0.3) is 0 Å². The topological polar surface area (TPSA) is 37.8 Å². The van der Waals surface area contributed by atoms with Crippen LogP contribution in [0, 0.1) is 0 Å². The van der Waals surface area contributed by atoms with Gasteiger partial charge in [-0.05, 0) is 37.4 Å². The summed E-state index contributed by atoms with van der Waals surface area (Å²) in [4.78, 5) is 1.21. The summed E-state index contributed by atoms with van der Waals surface area (Å²) in [6.45, 7) is 5.33. The van der Waals surface area contributed by atoms with Crippen LogP contribution in [0.5, 0.6) is 0 Å². The molecule has 0 fully saturated rings. The van der Waals surface area contributed by atoms with Crippen molar-refractivity contribution in [1.29, 1.82) is 0 Å². The van der Waals surface area contributed by atoms with E-state index < -0.39 is 0 Å². The molecule has 0 amide bonds. The summed E-state index contributed by atoms with van der Waals surface area (Å²) in [5.74, 6) is 0. The molecule has 0 spiro atoms. The fourth-order valence-corrected chi connectivity index (χ4v) is 4.02. The first-order valence-corrected chi connectivity index (χ1v) is 8.47. The van der Waals surface area contributed by atoms with Crippen molar-refractivity contribution in [1.82, 2.24) is 15.5 Å². The van der Waals surface area contributed by atoms with Gasteiger partial charge in [0, 0.05) is 4.70 Å². The first-order valence-electron chi connectivity index (χ1n) is 6.83. The van der Waals surface area contributed by atoms with E-state index in [0.717, 1.165) is 23.0 Å². The molecule has 2 heterocycles. The lowest BCUT2D eigenvalue weighted by atomic mass is 10.2. The summed E-state index contributed by atoms with van der Waals surface area (Å²) in [5, 5.41) is 15.5. The van der Waals surface area contributed by atoms with E-state index >= 15 is 0 Å². The van der Waals surface area contributed by atoms with E-state index in [1.54, 1.807) is 22.7 Å². The molecule has 1 unspecified atom stereocenters. The lowest BCUT2D eigenvalue weighted by Gasteiger charge is -2.08. The first kappa shape index (κ1) is 13.7. The molecule has 3 nitrogen and oxygen atoms in total. The van der Waals surface area contributed by atoms with Crippen molar-refractivity contribution < 1.29 is 0 Å². The zero-order valence-corrected chi connectivity index (χ0v) is 13.2. The summed E-state index contributed by atoms with van der Waals surface area (Å²) in [6.07, 6.45) is 1.13. The highest BCUT2D eigenvalue weighted by Crippen LogP contribution is 2.35. The van der Waals surface area contributed by atoms with Gasteiger partial charge >= 0.3 is 0 Å². The van der Waals surface area contributed by atoms with Gasteiger partial charge in [0.05, 0.1) is 10.9 Å². The fraction of sp³-hybridized carbons (Fsp3) is 0.333. The normalized spacial score (nSPS) is 12.9. The van der Waals surface area contributed by atoms with Crippen LogP contribution >= 0.6 is 22.7 Å². The molecule has 0 aliphatic rings. The molecule has 0 aliphatic carbocycles. The predicted molar refractivity (Wildman–Crippen MR) is 87.4 cm³/mol. The van der Waals surface area contributed by atoms with E-state index in [-0.39, 0.29) is 6.04 Å². The highest BCUT2D eigenvalue weighted by Gasteiger charge is 2.14. The number of hydrogen-bond donors (Lipinski definition) is 1. The molecular formula is C15H17N3S2. The first-order chi connectivity index (χ1) is 9.78. The SMILES string of the molecule is CCCNC(C)c1nnc(-c2cc3ccccc3s2)s1. The van der Waals surface area contributed by atoms with Gasteiger partial charge in [-0.15, -0.1) is 21.5 Å². The lowest BCUT2D eigenvalue weighted by Crippen LogP contribution is -2.18. The van der Waals surface area contributed by atoms with Gasteiger partial charge in [0.1, 0.15) is 5.01 Å². The van der Waals surface area contributed by atoms with Crippen LogP contribution in [0.4, 0.5) is 0 Å². The molecule has 5 heteroatoms. The smallest absolute Gasteiger partial charge is 0.157 e. The van der Waals surface area contributed by atoms with Gasteiger partial charge in [-0.25, -0.2) is 0 Å². The minimum Gasteiger partial charge on any atom is -0.308 e. The molecule has 0 aliphatic heterocycles. The van der Waals surface area contributed by atoms with Crippen molar-refractivity contribution in [3.8, 4) is 9.88 Å². The third-order valence-corrected chi connectivity index (χ3v) is 5.54. The van der Waals surface area contributed by atoms with Crippen LogP contribution in [0.15, 0.2) is 30.3 Å². The molecule has 3 aromatic rings. The standard InChI is InChI=1S/C15H17N3S2/c1-3-8-16-10(2)14-17-18-15(20-14)13-9-11-6-4-5-7-12(11)19-13/h4-7,9-10,16H,3,8H2,1-2H3. The molecule has 0 bridgehead atoms. The Kier molecular flexibility index (Phi) is 4.10. The van der Waals surface area contributed by atoms with E-state index in [1.807, 2.05) is 0 Å². The minimum atomic E-state index is 0.274. The van der Waals surface area contributed by atoms with Crippen LogP contribution in [-0.2, 0) is 0 Å². The van der Waals surface area contributed by atoms with Crippen LogP contribution < -0.4 is 5.32 Å². The van der Waals surface area contributed by atoms with Gasteiger partial charge in [-0.3, -0.25) is 0 Å². The van der Waals surface area contributed by atoms with Crippen molar-refractivity contribution in [2.75, 3.05) is 6.54 Å². The summed E-state index contributed by atoms with van der Waals surface area (Å²) >= 11 is 3.47. The maximum atomic E-state index is 4.35. The van der Waals surface area contributed by atoms with Gasteiger partial charge in [0.2, 0.25) is 0 Å². The number of nitrogens with one attached hydrogen (secondary N) is 1. The van der Waals surface area contributed by atoms with E-state index in [2.05, 4.69) is 59.7 Å². The van der Waals surface area contributed by atoms with E-state index in [9.17, 15) is 0 Å². The summed E-state index contributed by atoms with van der Waals surface area (Å²) < 4.78 is 1.30. The van der Waals surface area contributed by atoms with Crippen LogP contribution in [0.25, 0.3) is 20.0 Å². The second-order valence-electron chi connectivity index (χ2n) is 4.77. The minimum absolute atomic E-state index is 0.274. The van der Waals surface area contributed by atoms with E-state index in [0.29, 0.717) is 0 Å². The number of fused-ring (bicyclic) bond motifs is 1. The quantitative estimate of drug-likeness (QED) is 0.755. The monoisotopic (exact) mass is 303 g/mol. The Morgan fingerprint density at radius 2 is 2.05 bits per heavy atom. The van der Waals surface area contributed by atoms with Crippen LogP contribution in [0.2, 0.25) is 0 Å². The van der Waals surface area contributed by atoms with Crippen LogP contribution in [-0.4, -0.2) is 16.7 Å². The predicted octanol–water partition coefficient (Wildman–Crippen LogP) is 4.48. The van der Waals surface area contributed by atoms with Crippen molar-refractivity contribution in [2.45, 2.75) is 26.3 Å². The second kappa shape index (κ2) is 5.99. The molecule has 2 aromatic heterocycles. The number of rotatable bonds is 5. The van der Waals surface area contributed by atoms with Crippen molar-refractivity contribution in [2.24, 2.45) is 0 Å². The van der Waals surface area contributed by atoms with Gasteiger partial charge in [0.15, 0.2) is 5.01 Å². The van der Waals surface area contributed by atoms with Crippen LogP contribution in [0.1, 0.15) is 31.3 Å². The van der Waals surface area contributed by atoms with E-state index in [4.69, 9.17) is 0 Å². The second-order valence-corrected chi connectivity index (χ2v) is 6.86. The summed E-state index contributed by atoms with van der Waals surface area (Å²) in [6, 6.07) is 10.9. The zero-order chi connectivity index (χ0) is 13.9. The molecular weight excluding hydrogens is 286 g/mol. The number of thiophene rings is 1. The third kappa shape index (κ3) is 2.75. The molecule has 0 saturated heterocycles. The summed E-state index contributed by atoms with van der Waals surface area (Å²) in [5.41, 5.74) is 0. The van der Waals surface area contributed by atoms with Crippen molar-refractivity contribution in [3.05, 3.63) is 35.3 Å². The Bertz CT molecular complexity index is 669. The van der Waals surface area contributed by atoms with Crippen LogP contribution in [0.3, 0.4) is 0 Å². The molecule has 1 aromatic carbocycles. The average Bonchev–Trinajstić information content (AvgIpc) is 3.10. The Hall–Kier alpha value is -1.30. The highest BCUT2D eigenvalue weighted by atomic mass is 32.1. The maximum absolute atomic E-state index is 4.35. The lowest BCUT2D eigenvalue weighted by molar-refractivity contribution is 0.564. The Morgan fingerprint density at radius 3 is 2.85 bits per heavy atom. The average molecular weight is 303 g/mol. The number of nitrogens with zero attached hydrogens (tertiary/aromatic N) is 2. The Labute approximate surface area is 126 Å². The molecule has 104 valence electrons. The molecule has 1 atom stereocenters. The molecule has 0 saturated carbocycles. The Morgan fingerprint density at radius 1 is 1.20 bits per heavy atom. The number of aromatic nitrogens is 2. The largest absolute Gasteiger partial charge is 0.308 e. The van der Waals surface area contributed by atoms with Gasteiger partial charge in [-0.1, -0.05) is 36.5 Å². The fourth-order valence-electron chi connectivity index (χ4n) is 2.04. The molecule has 20 heavy (non-hydrogen) atoms. The maximum Gasteiger partial charge on any atom is 0.157 e. The highest BCUT2D eigenvalue weighted by molar-refractivity contribution is 7.25. The molecule has 1 N–H and O–H groups in total. The van der Waals surface area contributed by atoms with Crippen molar-refractivity contribution in [3.63, 3.8) is 0 Å². The van der Waals surface area contributed by atoms with Gasteiger partial charge in [-0.2, -0.15) is 0 Å². The Balaban J connectivity index is 1.85.